The van der Waals surface area contributed by atoms with Crippen molar-refractivity contribution in [3.63, 3.8) is 0 Å². The van der Waals surface area contributed by atoms with Gasteiger partial charge in [0.1, 0.15) is 5.56 Å². The maximum absolute atomic E-state index is 12.5. The molecule has 1 aromatic heterocycles. The van der Waals surface area contributed by atoms with Gasteiger partial charge in [0.05, 0.1) is 0 Å². The molecule has 7 heteroatoms. The lowest BCUT2D eigenvalue weighted by Gasteiger charge is -2.24. The monoisotopic (exact) mass is 347 g/mol. The van der Waals surface area contributed by atoms with Gasteiger partial charge in [-0.05, 0) is 50.9 Å². The molecule has 3 rings (SSSR count). The van der Waals surface area contributed by atoms with E-state index in [9.17, 15) is 9.59 Å². The summed E-state index contributed by atoms with van der Waals surface area (Å²) in [4.78, 5) is 30.9. The molecule has 1 aromatic rings. The number of carbonyl (C=O) groups excluding carboxylic acids is 1. The summed E-state index contributed by atoms with van der Waals surface area (Å²) in [7, 11) is 4.15. The smallest absolute Gasteiger partial charge is 0.260 e. The van der Waals surface area contributed by atoms with Crippen LogP contribution < -0.4 is 5.56 Å². The number of carbonyl (C=O) groups is 1. The Bertz CT molecular complexity index is 562. The Morgan fingerprint density at radius 1 is 1.27 bits per heavy atom. The van der Waals surface area contributed by atoms with E-state index >= 15 is 0 Å². The number of hydrogen-bond acceptors (Lipinski definition) is 3. The summed E-state index contributed by atoms with van der Waals surface area (Å²) in [5, 5.41) is 0. The van der Waals surface area contributed by atoms with Crippen LogP contribution in [0.3, 0.4) is 0 Å². The number of likely N-dealkylation sites (tertiary alicyclic amines) is 1. The number of nitrogens with zero attached hydrogens (tertiary/aromatic N) is 2. The number of halogens is 2. The van der Waals surface area contributed by atoms with Gasteiger partial charge >= 0.3 is 0 Å². The number of aromatic nitrogens is 1. The zero-order valence-electron chi connectivity index (χ0n) is 12.8. The molecule has 0 unspecified atom stereocenters. The van der Waals surface area contributed by atoms with Crippen LogP contribution in [0.5, 0.6) is 0 Å². The van der Waals surface area contributed by atoms with Gasteiger partial charge in [-0.2, -0.15) is 0 Å². The highest BCUT2D eigenvalue weighted by molar-refractivity contribution is 5.94. The molecule has 0 spiro atoms. The summed E-state index contributed by atoms with van der Waals surface area (Å²) in [5.74, 6) is 1.17. The van der Waals surface area contributed by atoms with Gasteiger partial charge in [0.25, 0.3) is 11.5 Å². The second-order valence-electron chi connectivity index (χ2n) is 6.16. The lowest BCUT2D eigenvalue weighted by molar-refractivity contribution is 0.0778. The normalized spacial score (nSPS) is 23.9. The van der Waals surface area contributed by atoms with Crippen molar-refractivity contribution < 1.29 is 4.79 Å². The number of nitrogens with one attached hydrogen (secondary N) is 1. The predicted molar refractivity (Wildman–Crippen MR) is 91.2 cm³/mol. The van der Waals surface area contributed by atoms with Gasteiger partial charge in [-0.15, -0.1) is 24.8 Å². The van der Waals surface area contributed by atoms with E-state index in [1.54, 1.807) is 18.3 Å². The average Bonchev–Trinajstić information content (AvgIpc) is 3.17. The van der Waals surface area contributed by atoms with Crippen molar-refractivity contribution in [3.8, 4) is 0 Å². The van der Waals surface area contributed by atoms with E-state index in [0.717, 1.165) is 19.0 Å². The van der Waals surface area contributed by atoms with E-state index in [-0.39, 0.29) is 41.8 Å². The van der Waals surface area contributed by atoms with E-state index in [0.29, 0.717) is 12.0 Å². The summed E-state index contributed by atoms with van der Waals surface area (Å²) < 4.78 is 0. The fourth-order valence-corrected chi connectivity index (χ4v) is 3.27. The maximum atomic E-state index is 12.5. The van der Waals surface area contributed by atoms with Crippen LogP contribution in [-0.4, -0.2) is 53.9 Å². The molecule has 0 aromatic carbocycles. The van der Waals surface area contributed by atoms with Gasteiger partial charge < -0.3 is 14.8 Å². The van der Waals surface area contributed by atoms with Gasteiger partial charge in [-0.25, -0.2) is 0 Å². The molecular formula is C15H23Cl2N3O2. The Kier molecular flexibility index (Phi) is 6.47. The molecule has 124 valence electrons. The molecule has 1 aliphatic heterocycles. The highest BCUT2D eigenvalue weighted by Gasteiger charge is 2.44. The number of rotatable bonds is 3. The molecule has 1 N–H and O–H groups in total. The summed E-state index contributed by atoms with van der Waals surface area (Å²) in [6, 6.07) is 3.72. The van der Waals surface area contributed by atoms with E-state index in [1.807, 2.05) is 4.90 Å². The first-order valence-corrected chi connectivity index (χ1v) is 7.21. The fraction of sp³-hybridized carbons (Fsp3) is 0.600. The highest BCUT2D eigenvalue weighted by atomic mass is 35.5. The third-order valence-corrected chi connectivity index (χ3v) is 4.56. The molecule has 1 saturated carbocycles. The zero-order valence-corrected chi connectivity index (χ0v) is 14.5. The van der Waals surface area contributed by atoms with E-state index in [4.69, 9.17) is 0 Å². The minimum atomic E-state index is -0.297. The molecule has 1 amide bonds. The quantitative estimate of drug-likeness (QED) is 0.903. The molecule has 2 heterocycles. The summed E-state index contributed by atoms with van der Waals surface area (Å²) in [6.07, 6.45) is 4.12. The first-order chi connectivity index (χ1) is 9.58. The summed E-state index contributed by atoms with van der Waals surface area (Å²) in [5.41, 5.74) is -0.0461. The van der Waals surface area contributed by atoms with Crippen molar-refractivity contribution in [2.75, 3.05) is 27.2 Å². The number of amides is 1. The van der Waals surface area contributed by atoms with Crippen LogP contribution in [0.25, 0.3) is 0 Å². The number of aromatic amines is 1. The molecule has 5 nitrogen and oxygen atoms in total. The molecule has 2 aliphatic rings. The summed E-state index contributed by atoms with van der Waals surface area (Å²) >= 11 is 0. The van der Waals surface area contributed by atoms with Crippen molar-refractivity contribution in [1.29, 1.82) is 0 Å². The first-order valence-electron chi connectivity index (χ1n) is 7.21. The molecule has 1 aliphatic carbocycles. The molecule has 1 saturated heterocycles. The van der Waals surface area contributed by atoms with Crippen LogP contribution in [0, 0.1) is 11.8 Å². The minimum Gasteiger partial charge on any atom is -0.337 e. The predicted octanol–water partition coefficient (Wildman–Crippen LogP) is 1.63. The molecule has 2 atom stereocenters. The Balaban J connectivity index is 0.00000121. The number of hydrogen-bond donors (Lipinski definition) is 1. The number of H-pyrrole nitrogens is 1. The lowest BCUT2D eigenvalue weighted by atomic mass is 9.97. The van der Waals surface area contributed by atoms with Gasteiger partial charge in [-0.1, -0.05) is 0 Å². The third kappa shape index (κ3) is 3.65. The van der Waals surface area contributed by atoms with Crippen LogP contribution in [0.2, 0.25) is 0 Å². The third-order valence-electron chi connectivity index (χ3n) is 4.56. The van der Waals surface area contributed by atoms with Gasteiger partial charge in [0, 0.05) is 25.3 Å². The average molecular weight is 348 g/mol. The molecule has 0 radical (unpaired) electrons. The minimum absolute atomic E-state index is 0. The fourth-order valence-electron chi connectivity index (χ4n) is 3.27. The van der Waals surface area contributed by atoms with Crippen LogP contribution in [-0.2, 0) is 0 Å². The first kappa shape index (κ1) is 19.0. The van der Waals surface area contributed by atoms with Crippen molar-refractivity contribution in [2.45, 2.75) is 18.9 Å². The van der Waals surface area contributed by atoms with Gasteiger partial charge in [-0.3, -0.25) is 9.59 Å². The molecular weight excluding hydrogens is 325 g/mol. The second-order valence-corrected chi connectivity index (χ2v) is 6.16. The largest absolute Gasteiger partial charge is 0.337 e. The van der Waals surface area contributed by atoms with Crippen molar-refractivity contribution >= 4 is 30.7 Å². The highest BCUT2D eigenvalue weighted by Crippen LogP contribution is 2.42. The van der Waals surface area contributed by atoms with Crippen molar-refractivity contribution in [3.05, 3.63) is 34.2 Å². The molecule has 2 fully saturated rings. The Morgan fingerprint density at radius 3 is 2.50 bits per heavy atom. The topological polar surface area (TPSA) is 56.4 Å². The van der Waals surface area contributed by atoms with Gasteiger partial charge in [0.2, 0.25) is 0 Å². The zero-order chi connectivity index (χ0) is 14.3. The standard InChI is InChI=1S/C15H21N3O2.2ClH/c1-17(2)13-9-18(8-12(13)10-5-6-10)15(20)11-4-3-7-16-14(11)19;;/h3-4,7,10,12-13H,5-6,8-9H2,1-2H3,(H,16,19);2*1H/t12-,13+;;/m1../s1. The number of likely N-dealkylation sites (N-methyl/N-ethyl adjacent to an activating group) is 1. The van der Waals surface area contributed by atoms with E-state index in [2.05, 4.69) is 24.0 Å². The Labute approximate surface area is 142 Å². The van der Waals surface area contributed by atoms with Crippen molar-refractivity contribution in [1.82, 2.24) is 14.8 Å². The lowest BCUT2D eigenvalue weighted by Crippen LogP contribution is -2.37. The second kappa shape index (κ2) is 7.49. The Hall–Kier alpha value is -1.04. The number of pyridine rings is 1. The SMILES string of the molecule is CN(C)[C@H]1CN(C(=O)c2ccc[nH]c2=O)C[C@@H]1C1CC1.Cl.Cl. The van der Waals surface area contributed by atoms with Crippen LogP contribution in [0.1, 0.15) is 23.2 Å². The molecule has 22 heavy (non-hydrogen) atoms. The molecule has 0 bridgehead atoms. The van der Waals surface area contributed by atoms with E-state index < -0.39 is 0 Å². The Morgan fingerprint density at radius 2 is 1.95 bits per heavy atom. The maximum Gasteiger partial charge on any atom is 0.260 e. The van der Waals surface area contributed by atoms with E-state index in [1.165, 1.54) is 12.8 Å². The summed E-state index contributed by atoms with van der Waals surface area (Å²) in [6.45, 7) is 1.50. The van der Waals surface area contributed by atoms with Crippen molar-refractivity contribution in [2.24, 2.45) is 11.8 Å². The van der Waals surface area contributed by atoms with Crippen LogP contribution in [0.4, 0.5) is 0 Å². The van der Waals surface area contributed by atoms with Gasteiger partial charge in [0.15, 0.2) is 0 Å². The van der Waals surface area contributed by atoms with Crippen LogP contribution >= 0.6 is 24.8 Å². The van der Waals surface area contributed by atoms with Crippen LogP contribution in [0.15, 0.2) is 23.1 Å².